The monoisotopic (exact) mass is 407 g/mol. The Morgan fingerprint density at radius 2 is 1.76 bits per heavy atom. The number of benzene rings is 2. The minimum atomic E-state index is -0.351. The van der Waals surface area contributed by atoms with Crippen LogP contribution in [-0.4, -0.2) is 29.9 Å². The number of aromatic nitrogens is 1. The van der Waals surface area contributed by atoms with Gasteiger partial charge in [0.2, 0.25) is 0 Å². The summed E-state index contributed by atoms with van der Waals surface area (Å²) in [4.78, 5) is 12.9. The third kappa shape index (κ3) is 3.10. The van der Waals surface area contributed by atoms with Gasteiger partial charge in [0.15, 0.2) is 0 Å². The third-order valence-corrected chi connectivity index (χ3v) is 6.25. The summed E-state index contributed by atoms with van der Waals surface area (Å²) in [5.41, 5.74) is 5.29. The lowest BCUT2D eigenvalue weighted by molar-refractivity contribution is 0.0605. The van der Waals surface area contributed by atoms with E-state index in [4.69, 9.17) is 9.47 Å². The Morgan fingerprint density at radius 3 is 2.41 bits per heavy atom. The number of phenols is 1. The highest BCUT2D eigenvalue weighted by Crippen LogP contribution is 2.48. The number of fused-ring (bicyclic) bond motifs is 1. The van der Waals surface area contributed by atoms with Crippen molar-refractivity contribution in [1.29, 1.82) is 0 Å². The average Bonchev–Trinajstić information content (AvgIpc) is 3.23. The van der Waals surface area contributed by atoms with E-state index in [-0.39, 0.29) is 18.4 Å². The van der Waals surface area contributed by atoms with E-state index >= 15 is 0 Å². The van der Waals surface area contributed by atoms with Gasteiger partial charge in [-0.3, -0.25) is 0 Å². The van der Waals surface area contributed by atoms with Crippen molar-refractivity contribution in [3.8, 4) is 28.1 Å². The molecule has 0 radical (unpaired) electrons. The molecule has 0 aliphatic rings. The number of phenolic OH excluding ortho intramolecular Hbond substituents is 1. The molecule has 5 nitrogen and oxygen atoms in total. The number of aryl methyl sites for hydroxylation is 1. The van der Waals surface area contributed by atoms with Crippen molar-refractivity contribution in [2.45, 2.75) is 13.7 Å². The van der Waals surface area contributed by atoms with Crippen LogP contribution in [0.25, 0.3) is 32.6 Å². The second kappa shape index (κ2) is 7.73. The van der Waals surface area contributed by atoms with Crippen molar-refractivity contribution in [3.05, 3.63) is 65.0 Å². The molecule has 2 aromatic carbocycles. The first-order chi connectivity index (χ1) is 14.1. The number of rotatable bonds is 5. The fourth-order valence-corrected chi connectivity index (χ4v) is 5.02. The molecular weight excluding hydrogens is 386 g/mol. The maximum atomic E-state index is 12.3. The highest BCUT2D eigenvalue weighted by atomic mass is 32.1. The first kappa shape index (κ1) is 19.2. The summed E-state index contributed by atoms with van der Waals surface area (Å²) in [6, 6.07) is 17.2. The van der Waals surface area contributed by atoms with Crippen molar-refractivity contribution >= 4 is 27.5 Å². The van der Waals surface area contributed by atoms with Gasteiger partial charge in [0, 0.05) is 18.2 Å². The fraction of sp³-hybridized carbons (Fsp3) is 0.174. The van der Waals surface area contributed by atoms with E-state index in [0.29, 0.717) is 10.4 Å². The summed E-state index contributed by atoms with van der Waals surface area (Å²) in [7, 11) is 3.02. The van der Waals surface area contributed by atoms with Crippen molar-refractivity contribution < 1.29 is 19.4 Å². The lowest BCUT2D eigenvalue weighted by Gasteiger charge is -2.14. The predicted molar refractivity (Wildman–Crippen MR) is 115 cm³/mol. The zero-order valence-electron chi connectivity index (χ0n) is 16.4. The van der Waals surface area contributed by atoms with Crippen LogP contribution < -0.4 is 0 Å². The van der Waals surface area contributed by atoms with Crippen LogP contribution in [0.4, 0.5) is 0 Å². The smallest absolute Gasteiger partial charge is 0.348 e. The molecule has 2 aromatic heterocycles. The molecule has 0 unspecified atom stereocenters. The minimum Gasteiger partial charge on any atom is -0.507 e. The van der Waals surface area contributed by atoms with E-state index in [1.54, 1.807) is 19.2 Å². The first-order valence-electron chi connectivity index (χ1n) is 9.15. The van der Waals surface area contributed by atoms with Gasteiger partial charge in [0.25, 0.3) is 0 Å². The van der Waals surface area contributed by atoms with Crippen molar-refractivity contribution in [2.75, 3.05) is 14.2 Å². The summed E-state index contributed by atoms with van der Waals surface area (Å²) in [6.07, 6.45) is 0. The third-order valence-electron chi connectivity index (χ3n) is 4.97. The zero-order chi connectivity index (χ0) is 20.5. The van der Waals surface area contributed by atoms with Gasteiger partial charge < -0.3 is 19.1 Å². The molecule has 0 atom stereocenters. The molecule has 0 aliphatic carbocycles. The molecule has 0 amide bonds. The van der Waals surface area contributed by atoms with Crippen LogP contribution >= 0.6 is 11.3 Å². The Bertz CT molecular complexity index is 1190. The van der Waals surface area contributed by atoms with E-state index in [1.807, 2.05) is 54.0 Å². The van der Waals surface area contributed by atoms with Crippen LogP contribution in [-0.2, 0) is 16.2 Å². The second-order valence-corrected chi connectivity index (χ2v) is 7.70. The molecule has 29 heavy (non-hydrogen) atoms. The molecule has 0 fully saturated rings. The zero-order valence-corrected chi connectivity index (χ0v) is 17.2. The number of carbonyl (C=O) groups excluding carboxylic acids is 1. The maximum absolute atomic E-state index is 12.3. The van der Waals surface area contributed by atoms with E-state index in [1.165, 1.54) is 18.4 Å². The number of esters is 1. The van der Waals surface area contributed by atoms with Crippen molar-refractivity contribution in [2.24, 2.45) is 0 Å². The lowest BCUT2D eigenvalue weighted by atomic mass is 10.0. The Morgan fingerprint density at radius 1 is 1.07 bits per heavy atom. The molecule has 0 saturated heterocycles. The van der Waals surface area contributed by atoms with Gasteiger partial charge in [0.1, 0.15) is 17.4 Å². The number of para-hydroxylation sites is 1. The van der Waals surface area contributed by atoms with Gasteiger partial charge in [-0.1, -0.05) is 42.5 Å². The van der Waals surface area contributed by atoms with Crippen LogP contribution in [0.15, 0.2) is 54.6 Å². The summed E-state index contributed by atoms with van der Waals surface area (Å²) in [5.74, 6) is -0.159. The molecular formula is C23H21NO4S. The second-order valence-electron chi connectivity index (χ2n) is 6.68. The van der Waals surface area contributed by atoms with E-state index < -0.39 is 0 Å². The van der Waals surface area contributed by atoms with Gasteiger partial charge in [0.05, 0.1) is 23.0 Å². The standard InChI is InChI=1S/C23H21NO4S/c1-14-19-22(29-21(14)23(26)28-3)18(15-9-5-4-6-10-15)20(24(19)13-27-2)16-11-7-8-12-17(16)25/h4-12,25H,13H2,1-3H3. The van der Waals surface area contributed by atoms with E-state index in [2.05, 4.69) is 0 Å². The van der Waals surface area contributed by atoms with Crippen LogP contribution in [0.3, 0.4) is 0 Å². The maximum Gasteiger partial charge on any atom is 0.348 e. The predicted octanol–water partition coefficient (Wildman–Crippen LogP) is 5.44. The summed E-state index contributed by atoms with van der Waals surface area (Å²) >= 11 is 1.41. The Hall–Kier alpha value is -3.09. The molecule has 4 aromatic rings. The summed E-state index contributed by atoms with van der Waals surface area (Å²) in [6.45, 7) is 2.20. The van der Waals surface area contributed by atoms with Crippen LogP contribution in [0.5, 0.6) is 5.75 Å². The Balaban J connectivity index is 2.17. The molecule has 0 bridgehead atoms. The van der Waals surface area contributed by atoms with Gasteiger partial charge in [-0.05, 0) is 30.2 Å². The van der Waals surface area contributed by atoms with Crippen molar-refractivity contribution in [1.82, 2.24) is 4.57 Å². The molecule has 0 saturated carbocycles. The largest absolute Gasteiger partial charge is 0.507 e. The molecule has 1 N–H and O–H groups in total. The van der Waals surface area contributed by atoms with Crippen LogP contribution in [0.1, 0.15) is 15.2 Å². The topological polar surface area (TPSA) is 60.7 Å². The van der Waals surface area contributed by atoms with E-state index in [9.17, 15) is 9.90 Å². The highest BCUT2D eigenvalue weighted by molar-refractivity contribution is 7.21. The fourth-order valence-electron chi connectivity index (χ4n) is 3.73. The lowest BCUT2D eigenvalue weighted by Crippen LogP contribution is -2.05. The van der Waals surface area contributed by atoms with Crippen molar-refractivity contribution in [3.63, 3.8) is 0 Å². The Labute approximate surface area is 172 Å². The number of hydrogen-bond acceptors (Lipinski definition) is 5. The molecule has 6 heteroatoms. The summed E-state index contributed by atoms with van der Waals surface area (Å²) < 4.78 is 13.5. The molecule has 148 valence electrons. The van der Waals surface area contributed by atoms with Gasteiger partial charge in [-0.2, -0.15) is 0 Å². The van der Waals surface area contributed by atoms with E-state index in [0.717, 1.165) is 32.6 Å². The highest BCUT2D eigenvalue weighted by Gasteiger charge is 2.28. The van der Waals surface area contributed by atoms with Gasteiger partial charge >= 0.3 is 5.97 Å². The summed E-state index contributed by atoms with van der Waals surface area (Å²) in [5, 5.41) is 10.6. The van der Waals surface area contributed by atoms with Gasteiger partial charge in [-0.25, -0.2) is 4.79 Å². The number of hydrogen-bond donors (Lipinski definition) is 1. The number of methoxy groups -OCH3 is 2. The van der Waals surface area contributed by atoms with Crippen LogP contribution in [0.2, 0.25) is 0 Å². The SMILES string of the molecule is COCn1c(-c2ccccc2O)c(-c2ccccc2)c2sc(C(=O)OC)c(C)c21. The molecule has 4 rings (SSSR count). The van der Waals surface area contributed by atoms with Gasteiger partial charge in [-0.15, -0.1) is 11.3 Å². The number of ether oxygens (including phenoxy) is 2. The first-order valence-corrected chi connectivity index (χ1v) is 9.96. The average molecular weight is 407 g/mol. The number of nitrogens with zero attached hydrogens (tertiary/aromatic N) is 1. The molecule has 0 spiro atoms. The number of carbonyl (C=O) groups is 1. The minimum absolute atomic E-state index is 0.193. The molecule has 0 aliphatic heterocycles. The molecule has 2 heterocycles. The van der Waals surface area contributed by atoms with Crippen LogP contribution in [0, 0.1) is 6.92 Å². The number of thiophene rings is 1. The number of aromatic hydroxyl groups is 1. The Kier molecular flexibility index (Phi) is 5.13. The normalized spacial score (nSPS) is 11.1. The quantitative estimate of drug-likeness (QED) is 0.448.